The van der Waals surface area contributed by atoms with Crippen LogP contribution in [0, 0.1) is 0 Å². The standard InChI is InChI=1S/C32H21N/c1-2-8-20(9-3-1)25-16-28-26-14-21-10-4-6-12-23(21)18-30(26)33-31-19-24-13-7-5-11-22(24)15-27(31)29(17-25)32(28)33/h1-19,28,32H. The molecule has 1 heteroatoms. The lowest BCUT2D eigenvalue weighted by atomic mass is 9.80. The molecule has 1 nitrogen and oxygen atoms in total. The van der Waals surface area contributed by atoms with Gasteiger partial charge in [-0.3, -0.25) is 0 Å². The maximum absolute atomic E-state index is 2.61. The Morgan fingerprint density at radius 2 is 1.18 bits per heavy atom. The van der Waals surface area contributed by atoms with Crippen LogP contribution in [0.2, 0.25) is 0 Å². The molecule has 33 heavy (non-hydrogen) atoms. The number of hydrogen-bond donors (Lipinski definition) is 0. The average molecular weight is 420 g/mol. The predicted octanol–water partition coefficient (Wildman–Crippen LogP) is 8.09. The molecule has 5 aromatic rings. The summed E-state index contributed by atoms with van der Waals surface area (Å²) in [6, 6.07) is 38.3. The monoisotopic (exact) mass is 419 g/mol. The molecule has 2 aliphatic heterocycles. The van der Waals surface area contributed by atoms with Gasteiger partial charge in [-0.2, -0.15) is 0 Å². The first kappa shape index (κ1) is 17.5. The van der Waals surface area contributed by atoms with Crippen molar-refractivity contribution in [3.63, 3.8) is 0 Å². The van der Waals surface area contributed by atoms with Crippen molar-refractivity contribution in [1.29, 1.82) is 0 Å². The predicted molar refractivity (Wildman–Crippen MR) is 139 cm³/mol. The molecular formula is C32H21N. The van der Waals surface area contributed by atoms with Crippen LogP contribution in [0.4, 0.5) is 11.4 Å². The van der Waals surface area contributed by atoms with Gasteiger partial charge >= 0.3 is 0 Å². The van der Waals surface area contributed by atoms with E-state index < -0.39 is 0 Å². The molecule has 0 radical (unpaired) electrons. The number of benzene rings is 5. The largest absolute Gasteiger partial charge is 0.332 e. The van der Waals surface area contributed by atoms with Gasteiger partial charge in [-0.15, -0.1) is 0 Å². The third-order valence-electron chi connectivity index (χ3n) is 7.66. The lowest BCUT2D eigenvalue weighted by Crippen LogP contribution is -2.26. The Morgan fingerprint density at radius 3 is 1.91 bits per heavy atom. The first-order chi connectivity index (χ1) is 16.3. The highest BCUT2D eigenvalue weighted by Gasteiger charge is 2.48. The van der Waals surface area contributed by atoms with Gasteiger partial charge in [0, 0.05) is 17.2 Å². The van der Waals surface area contributed by atoms with Crippen molar-refractivity contribution in [2.45, 2.75) is 12.0 Å². The second-order valence-corrected chi connectivity index (χ2v) is 9.40. The summed E-state index contributed by atoms with van der Waals surface area (Å²) in [5.41, 5.74) is 9.58. The number of allylic oxidation sites excluding steroid dienone is 2. The zero-order valence-corrected chi connectivity index (χ0v) is 18.1. The van der Waals surface area contributed by atoms with E-state index in [2.05, 4.69) is 120 Å². The number of nitrogens with zero attached hydrogens (tertiary/aromatic N) is 1. The molecule has 0 aromatic heterocycles. The van der Waals surface area contributed by atoms with E-state index >= 15 is 0 Å². The van der Waals surface area contributed by atoms with Crippen molar-refractivity contribution in [3.8, 4) is 0 Å². The van der Waals surface area contributed by atoms with Crippen molar-refractivity contribution in [2.75, 3.05) is 4.90 Å². The van der Waals surface area contributed by atoms with E-state index in [0.717, 1.165) is 0 Å². The summed E-state index contributed by atoms with van der Waals surface area (Å²) in [5, 5.41) is 5.24. The second-order valence-electron chi connectivity index (χ2n) is 9.40. The van der Waals surface area contributed by atoms with Crippen LogP contribution in [0.25, 0.3) is 32.7 Å². The molecule has 0 fully saturated rings. The molecule has 0 bridgehead atoms. The van der Waals surface area contributed by atoms with Gasteiger partial charge in [0.15, 0.2) is 0 Å². The first-order valence-corrected chi connectivity index (χ1v) is 11.7. The molecule has 2 unspecified atom stereocenters. The molecule has 5 aromatic carbocycles. The van der Waals surface area contributed by atoms with E-state index in [9.17, 15) is 0 Å². The van der Waals surface area contributed by atoms with Crippen molar-refractivity contribution in [2.24, 2.45) is 0 Å². The fourth-order valence-electron chi connectivity index (χ4n) is 6.20. The van der Waals surface area contributed by atoms with Gasteiger partial charge < -0.3 is 4.90 Å². The number of hydrogen-bond acceptors (Lipinski definition) is 1. The molecule has 0 saturated carbocycles. The molecule has 0 spiro atoms. The summed E-state index contributed by atoms with van der Waals surface area (Å²) in [7, 11) is 0. The van der Waals surface area contributed by atoms with Crippen LogP contribution < -0.4 is 4.90 Å². The molecule has 1 aliphatic carbocycles. The Morgan fingerprint density at radius 1 is 0.576 bits per heavy atom. The molecule has 2 heterocycles. The molecular weight excluding hydrogens is 398 g/mol. The van der Waals surface area contributed by atoms with Crippen LogP contribution in [-0.2, 0) is 0 Å². The van der Waals surface area contributed by atoms with E-state index in [1.54, 1.807) is 0 Å². The zero-order chi connectivity index (χ0) is 21.5. The topological polar surface area (TPSA) is 3.24 Å². The van der Waals surface area contributed by atoms with Crippen molar-refractivity contribution in [3.05, 3.63) is 132 Å². The highest BCUT2D eigenvalue weighted by Crippen LogP contribution is 2.60. The third kappa shape index (κ3) is 2.32. The number of fused-ring (bicyclic) bond motifs is 8. The van der Waals surface area contributed by atoms with Gasteiger partial charge in [-0.1, -0.05) is 84.9 Å². The Bertz CT molecular complexity index is 1670. The zero-order valence-electron chi connectivity index (χ0n) is 18.1. The summed E-state index contributed by atoms with van der Waals surface area (Å²) in [6.45, 7) is 0. The Labute approximate surface area is 192 Å². The van der Waals surface area contributed by atoms with Crippen LogP contribution in [0.3, 0.4) is 0 Å². The summed E-state index contributed by atoms with van der Waals surface area (Å²) < 4.78 is 0. The van der Waals surface area contributed by atoms with Crippen LogP contribution in [0.15, 0.2) is 115 Å². The van der Waals surface area contributed by atoms with Crippen LogP contribution >= 0.6 is 0 Å². The number of anilines is 2. The number of rotatable bonds is 1. The minimum absolute atomic E-state index is 0.330. The van der Waals surface area contributed by atoms with Gasteiger partial charge in [0.25, 0.3) is 0 Å². The second kappa shape index (κ2) is 6.24. The molecule has 0 N–H and O–H groups in total. The SMILES string of the molecule is C1=C(c2ccccc2)C=C2c3cc4ccccc4cc3N3c4cc5ccccc5cc4C1C23. The average Bonchev–Trinajstić information content (AvgIpc) is 3.37. The lowest BCUT2D eigenvalue weighted by molar-refractivity contribution is 0.784. The van der Waals surface area contributed by atoms with Crippen LogP contribution in [-0.4, -0.2) is 6.04 Å². The minimum atomic E-state index is 0.330. The molecule has 0 amide bonds. The smallest absolute Gasteiger partial charge is 0.0702 e. The van der Waals surface area contributed by atoms with Gasteiger partial charge in [-0.05, 0) is 74.2 Å². The molecule has 154 valence electrons. The summed E-state index contributed by atoms with van der Waals surface area (Å²) in [4.78, 5) is 2.61. The Kier molecular flexibility index (Phi) is 3.30. The van der Waals surface area contributed by atoms with Crippen LogP contribution in [0.1, 0.15) is 22.6 Å². The van der Waals surface area contributed by atoms with Gasteiger partial charge in [0.1, 0.15) is 0 Å². The Balaban J connectivity index is 1.46. The fraction of sp³-hybridized carbons (Fsp3) is 0.0625. The molecule has 3 aliphatic rings. The molecule has 2 atom stereocenters. The van der Waals surface area contributed by atoms with E-state index in [1.165, 1.54) is 60.8 Å². The summed E-state index contributed by atoms with van der Waals surface area (Å²) in [5.74, 6) is 0.343. The van der Waals surface area contributed by atoms with Crippen molar-refractivity contribution in [1.82, 2.24) is 0 Å². The Hall–Kier alpha value is -4.10. The van der Waals surface area contributed by atoms with E-state index in [0.29, 0.717) is 12.0 Å². The van der Waals surface area contributed by atoms with E-state index in [-0.39, 0.29) is 0 Å². The van der Waals surface area contributed by atoms with Gasteiger partial charge in [-0.25, -0.2) is 0 Å². The quantitative estimate of drug-likeness (QED) is 0.265. The highest BCUT2D eigenvalue weighted by atomic mass is 15.2. The third-order valence-corrected chi connectivity index (χ3v) is 7.66. The van der Waals surface area contributed by atoms with E-state index in [1.807, 2.05) is 0 Å². The molecule has 8 rings (SSSR count). The van der Waals surface area contributed by atoms with Crippen LogP contribution in [0.5, 0.6) is 0 Å². The normalized spacial score (nSPS) is 19.8. The van der Waals surface area contributed by atoms with E-state index in [4.69, 9.17) is 0 Å². The van der Waals surface area contributed by atoms with Gasteiger partial charge in [0.2, 0.25) is 0 Å². The fourth-order valence-corrected chi connectivity index (χ4v) is 6.20. The lowest BCUT2D eigenvalue weighted by Gasteiger charge is -2.26. The van der Waals surface area contributed by atoms with Crippen molar-refractivity contribution < 1.29 is 0 Å². The first-order valence-electron chi connectivity index (χ1n) is 11.7. The molecule has 0 saturated heterocycles. The highest BCUT2D eigenvalue weighted by molar-refractivity contribution is 6.07. The maximum Gasteiger partial charge on any atom is 0.0702 e. The summed E-state index contributed by atoms with van der Waals surface area (Å²) in [6.07, 6.45) is 4.94. The maximum atomic E-state index is 2.61. The summed E-state index contributed by atoms with van der Waals surface area (Å²) >= 11 is 0. The van der Waals surface area contributed by atoms with Gasteiger partial charge in [0.05, 0.1) is 11.7 Å². The minimum Gasteiger partial charge on any atom is -0.332 e. The van der Waals surface area contributed by atoms with Crippen molar-refractivity contribution >= 4 is 44.1 Å².